The predicted octanol–water partition coefficient (Wildman–Crippen LogP) is 0.0269. The highest BCUT2D eigenvalue weighted by atomic mass is 16.4. The molecule has 2 N–H and O–H groups in total. The number of nitrogens with zero attached hydrogens (tertiary/aromatic N) is 2. The minimum Gasteiger partial charge on any atom is -0.530 e. The van der Waals surface area contributed by atoms with Crippen LogP contribution >= 0.6 is 0 Å². The van der Waals surface area contributed by atoms with Crippen molar-refractivity contribution < 1.29 is 9.90 Å². The summed E-state index contributed by atoms with van der Waals surface area (Å²) in [4.78, 5) is 13.3. The van der Waals surface area contributed by atoms with E-state index in [4.69, 9.17) is 5.53 Å². The van der Waals surface area contributed by atoms with Crippen molar-refractivity contribution in [2.75, 3.05) is 0 Å². The maximum absolute atomic E-state index is 10.3. The lowest BCUT2D eigenvalue weighted by molar-refractivity contribution is -0.252. The first-order chi connectivity index (χ1) is 6.63. The van der Waals surface area contributed by atoms with Gasteiger partial charge in [0.25, 0.3) is 0 Å². The van der Waals surface area contributed by atoms with Gasteiger partial charge in [-0.1, -0.05) is 6.92 Å². The molecule has 0 bridgehead atoms. The number of hydrogen-bond acceptors (Lipinski definition) is 4. The average Bonchev–Trinajstić information content (AvgIpc) is 2.09. The number of rotatable bonds is 2. The summed E-state index contributed by atoms with van der Waals surface area (Å²) < 4.78 is 0. The molecule has 0 radical (unpaired) electrons. The van der Waals surface area contributed by atoms with Crippen LogP contribution in [0.5, 0.6) is 0 Å². The summed E-state index contributed by atoms with van der Waals surface area (Å²) in [6, 6.07) is 0.0273. The molecule has 0 aromatic heterocycles. The quantitative estimate of drug-likeness (QED) is 0.482. The third-order valence-electron chi connectivity index (χ3n) is 2.65. The molecule has 0 aliphatic heterocycles. The molecule has 6 heteroatoms. The second kappa shape index (κ2) is 4.72. The van der Waals surface area contributed by atoms with Gasteiger partial charge in [-0.3, -0.25) is 0 Å². The molecule has 14 heavy (non-hydrogen) atoms. The van der Waals surface area contributed by atoms with Crippen molar-refractivity contribution in [2.24, 2.45) is 11.0 Å². The molecule has 0 spiro atoms. The molecule has 1 aliphatic rings. The second-order valence-electron chi connectivity index (χ2n) is 3.70. The molecule has 1 aliphatic carbocycles. The molecule has 0 aromatic rings. The van der Waals surface area contributed by atoms with Crippen LogP contribution in [0.1, 0.15) is 26.2 Å². The van der Waals surface area contributed by atoms with E-state index in [-0.39, 0.29) is 18.0 Å². The van der Waals surface area contributed by atoms with Crippen LogP contribution in [0.25, 0.3) is 0 Å². The molecule has 0 heterocycles. The molecular weight excluding hydrogens is 184 g/mol. The number of carbonyl (C=O) groups excluding carboxylic acids is 1. The largest absolute Gasteiger partial charge is 0.530 e. The zero-order chi connectivity index (χ0) is 10.6. The fourth-order valence-electron chi connectivity index (χ4n) is 1.92. The van der Waals surface area contributed by atoms with Crippen LogP contribution in [0.15, 0.2) is 5.11 Å². The van der Waals surface area contributed by atoms with Crippen LogP contribution in [0, 0.1) is 11.4 Å². The van der Waals surface area contributed by atoms with Crippen LogP contribution in [0.2, 0.25) is 0 Å². The van der Waals surface area contributed by atoms with Crippen molar-refractivity contribution in [3.63, 3.8) is 0 Å². The lowest BCUT2D eigenvalue weighted by Gasteiger charge is -2.30. The first-order valence-electron chi connectivity index (χ1n) is 4.67. The topological polar surface area (TPSA) is 102 Å². The van der Waals surface area contributed by atoms with E-state index in [2.05, 4.69) is 15.3 Å². The van der Waals surface area contributed by atoms with E-state index in [1.165, 1.54) is 0 Å². The number of carboxylic acid groups (broad SMARTS) is 1. The lowest BCUT2D eigenvalue weighted by atomic mass is 9.83. The Morgan fingerprint density at radius 1 is 1.64 bits per heavy atom. The minimum atomic E-state index is -1.22. The number of amides is 1. The van der Waals surface area contributed by atoms with Gasteiger partial charge in [-0.05, 0) is 25.2 Å². The van der Waals surface area contributed by atoms with Gasteiger partial charge in [-0.25, -0.2) is 0 Å². The Balaban J connectivity index is 2.46. The molecule has 0 saturated heterocycles. The molecular formula is C8H14N4O2. The standard InChI is InChI=1S/C8H14N4O2/c1-5-4-6(10-8(13)14)2-3-7(5)11-12-9/h5-7,9-10H,2-4H2,1H3/t5-,6-,7-/m1/s1. The van der Waals surface area contributed by atoms with Gasteiger partial charge in [-0.2, -0.15) is 0 Å². The van der Waals surface area contributed by atoms with Crippen molar-refractivity contribution in [3.8, 4) is 0 Å². The predicted molar refractivity (Wildman–Crippen MR) is 46.4 cm³/mol. The molecule has 1 amide bonds. The molecule has 1 fully saturated rings. The van der Waals surface area contributed by atoms with Gasteiger partial charge < -0.3 is 15.2 Å². The Bertz CT molecular complexity index is 262. The zero-order valence-electron chi connectivity index (χ0n) is 8.06. The maximum Gasteiger partial charge on any atom is 0.214 e. The third-order valence-corrected chi connectivity index (χ3v) is 2.65. The van der Waals surface area contributed by atoms with E-state index >= 15 is 0 Å². The van der Waals surface area contributed by atoms with Crippen molar-refractivity contribution >= 4 is 6.09 Å². The van der Waals surface area contributed by atoms with Crippen molar-refractivity contribution in [1.29, 1.82) is 5.53 Å². The Labute approximate surface area is 81.9 Å². The number of hydrogen-bond donors (Lipinski definition) is 2. The summed E-state index contributed by atoms with van der Waals surface area (Å²) >= 11 is 0. The van der Waals surface area contributed by atoms with Gasteiger partial charge in [0.15, 0.2) is 0 Å². The molecule has 1 rings (SSSR count). The van der Waals surface area contributed by atoms with E-state index in [0.29, 0.717) is 0 Å². The molecule has 0 unspecified atom stereocenters. The first-order valence-corrected chi connectivity index (χ1v) is 4.67. The Hall–Kier alpha value is -1.42. The summed E-state index contributed by atoms with van der Waals surface area (Å²) in [5.41, 5.74) is 6.63. The SMILES string of the molecule is C[C@@H]1C[C@H](NC(=O)[O-])CC[C@H]1N=[N+]=N. The van der Waals surface area contributed by atoms with Gasteiger partial charge in [-0.15, -0.1) is 0 Å². The highest BCUT2D eigenvalue weighted by molar-refractivity contribution is 5.62. The first kappa shape index (κ1) is 10.7. The fraction of sp³-hybridized carbons (Fsp3) is 0.875. The van der Waals surface area contributed by atoms with Crippen LogP contribution in [0.4, 0.5) is 4.79 Å². The molecule has 78 valence electrons. The fourth-order valence-corrected chi connectivity index (χ4v) is 1.92. The van der Waals surface area contributed by atoms with Gasteiger partial charge in [0.05, 0.1) is 0 Å². The Morgan fingerprint density at radius 3 is 2.86 bits per heavy atom. The minimum absolute atomic E-state index is 0.0350. The smallest absolute Gasteiger partial charge is 0.214 e. The summed E-state index contributed by atoms with van der Waals surface area (Å²) in [7, 11) is 0. The van der Waals surface area contributed by atoms with Gasteiger partial charge in [0.2, 0.25) is 4.91 Å². The van der Waals surface area contributed by atoms with Crippen LogP contribution < -0.4 is 15.3 Å². The van der Waals surface area contributed by atoms with Crippen molar-refractivity contribution in [2.45, 2.75) is 38.3 Å². The Morgan fingerprint density at radius 2 is 2.36 bits per heavy atom. The van der Waals surface area contributed by atoms with Crippen LogP contribution in [-0.4, -0.2) is 18.2 Å². The monoisotopic (exact) mass is 198 g/mol. The van der Waals surface area contributed by atoms with Crippen molar-refractivity contribution in [3.05, 3.63) is 0 Å². The second-order valence-corrected chi connectivity index (χ2v) is 3.70. The van der Waals surface area contributed by atoms with Crippen molar-refractivity contribution in [1.82, 2.24) is 10.2 Å². The van der Waals surface area contributed by atoms with E-state index in [0.717, 1.165) is 19.3 Å². The zero-order valence-corrected chi connectivity index (χ0v) is 8.06. The van der Waals surface area contributed by atoms with E-state index in [9.17, 15) is 9.90 Å². The lowest BCUT2D eigenvalue weighted by Crippen LogP contribution is -2.46. The molecule has 6 nitrogen and oxygen atoms in total. The van der Waals surface area contributed by atoms with Gasteiger partial charge in [0, 0.05) is 6.04 Å². The molecule has 3 atom stereocenters. The van der Waals surface area contributed by atoms with E-state index < -0.39 is 6.09 Å². The summed E-state index contributed by atoms with van der Waals surface area (Å²) in [5.74, 6) is 0.259. The van der Waals surface area contributed by atoms with Gasteiger partial charge in [0.1, 0.15) is 22.8 Å². The summed E-state index contributed by atoms with van der Waals surface area (Å²) in [6.45, 7) is 1.99. The van der Waals surface area contributed by atoms with Gasteiger partial charge >= 0.3 is 0 Å². The maximum atomic E-state index is 10.3. The highest BCUT2D eigenvalue weighted by Gasteiger charge is 2.30. The van der Waals surface area contributed by atoms with E-state index in [1.54, 1.807) is 0 Å². The van der Waals surface area contributed by atoms with Crippen LogP contribution in [0.3, 0.4) is 0 Å². The normalized spacial score (nSPS) is 31.6. The molecule has 0 aromatic carbocycles. The van der Waals surface area contributed by atoms with Crippen LogP contribution in [-0.2, 0) is 0 Å². The number of carbonyl (C=O) groups is 1. The third kappa shape index (κ3) is 2.81. The highest BCUT2D eigenvalue weighted by Crippen LogP contribution is 2.26. The number of nitrogens with one attached hydrogen (secondary N) is 2. The molecule has 1 saturated carbocycles. The van der Waals surface area contributed by atoms with E-state index in [1.807, 2.05) is 6.92 Å². The average molecular weight is 198 g/mol. The Kier molecular flexibility index (Phi) is 3.59. The summed E-state index contributed by atoms with van der Waals surface area (Å²) in [6.07, 6.45) is 1.02. The summed E-state index contributed by atoms with van der Waals surface area (Å²) in [5, 5.41) is 16.4.